The molecular weight excluding hydrogens is 290 g/mol. The number of hydrogen-bond donors (Lipinski definition) is 2. The van der Waals surface area contributed by atoms with E-state index in [1.165, 1.54) is 6.92 Å². The van der Waals surface area contributed by atoms with Crippen LogP contribution in [-0.2, 0) is 9.59 Å². The van der Waals surface area contributed by atoms with E-state index in [2.05, 4.69) is 12.2 Å². The van der Waals surface area contributed by atoms with Crippen molar-refractivity contribution in [2.45, 2.75) is 83.2 Å². The Morgan fingerprint density at radius 3 is 1.74 bits per heavy atom. The molecule has 1 fully saturated rings. The number of nitrogens with zero attached hydrogens (tertiary/aromatic N) is 1. The van der Waals surface area contributed by atoms with Gasteiger partial charge in [-0.15, -0.1) is 0 Å². The number of amides is 2. The van der Waals surface area contributed by atoms with E-state index in [1.54, 1.807) is 11.9 Å². The quantitative estimate of drug-likeness (QED) is 0.761. The third kappa shape index (κ3) is 17.1. The molecule has 1 heterocycles. The Hall–Kier alpha value is -1.10. The van der Waals surface area contributed by atoms with E-state index < -0.39 is 0 Å². The van der Waals surface area contributed by atoms with Crippen LogP contribution in [0.4, 0.5) is 0 Å². The molecule has 0 aliphatic carbocycles. The third-order valence-corrected chi connectivity index (χ3v) is 2.46. The highest BCUT2D eigenvalue weighted by molar-refractivity contribution is 5.87. The van der Waals surface area contributed by atoms with E-state index in [0.717, 1.165) is 13.0 Å². The maximum absolute atomic E-state index is 11.4. The first kappa shape index (κ1) is 37.8. The molecule has 0 aromatic heterocycles. The smallest absolute Gasteiger partial charge is 0.242 e. The molecule has 5 heteroatoms. The lowest BCUT2D eigenvalue weighted by Crippen LogP contribution is -2.43. The van der Waals surface area contributed by atoms with Gasteiger partial charge < -0.3 is 16.0 Å². The van der Waals surface area contributed by atoms with Gasteiger partial charge in [0.05, 0.1) is 0 Å². The summed E-state index contributed by atoms with van der Waals surface area (Å²) in [6.45, 7) is 14.9. The molecule has 1 rings (SSSR count). The SMILES string of the molecule is C.C.C.CC.CC.CCN.CNC(=O)C1CC(C)CN1C(C)=O. The Kier molecular flexibility index (Phi) is 42.5. The summed E-state index contributed by atoms with van der Waals surface area (Å²) >= 11 is 0. The number of likely N-dealkylation sites (N-methyl/N-ethyl adjacent to an activating group) is 1. The monoisotopic (exact) mass is 337 g/mol. The predicted octanol–water partition coefficient (Wildman–Crippen LogP) is 3.92. The summed E-state index contributed by atoms with van der Waals surface area (Å²) in [5.41, 5.74) is 4.85. The molecule has 0 aromatic rings. The molecule has 0 bridgehead atoms. The van der Waals surface area contributed by atoms with Crippen molar-refractivity contribution in [3.63, 3.8) is 0 Å². The zero-order chi connectivity index (χ0) is 16.7. The molecule has 3 N–H and O–H groups in total. The Morgan fingerprint density at radius 1 is 1.13 bits per heavy atom. The molecular formula is C18H47N3O2. The second-order valence-electron chi connectivity index (χ2n) is 4.05. The van der Waals surface area contributed by atoms with Crippen LogP contribution in [0.2, 0.25) is 0 Å². The fourth-order valence-corrected chi connectivity index (χ4v) is 1.81. The van der Waals surface area contributed by atoms with E-state index >= 15 is 0 Å². The Morgan fingerprint density at radius 2 is 1.48 bits per heavy atom. The van der Waals surface area contributed by atoms with Gasteiger partial charge in [0.1, 0.15) is 6.04 Å². The first-order valence-electron chi connectivity index (χ1n) is 7.66. The van der Waals surface area contributed by atoms with Crippen LogP contribution in [0.1, 0.15) is 77.2 Å². The molecule has 0 radical (unpaired) electrons. The van der Waals surface area contributed by atoms with Crippen LogP contribution in [0.25, 0.3) is 0 Å². The van der Waals surface area contributed by atoms with E-state index in [1.807, 2.05) is 34.6 Å². The lowest BCUT2D eigenvalue weighted by molar-refractivity contribution is -0.136. The standard InChI is InChI=1S/C9H16N2O2.C2H7N.2C2H6.3CH4/c1-6-4-8(9(13)10-3)11(5-6)7(2)12;1-2-3;2*1-2;;;/h6,8H,4-5H2,1-3H3,(H,10,13);2-3H2,1H3;2*1-2H3;3*1H4. The van der Waals surface area contributed by atoms with Gasteiger partial charge in [-0.05, 0) is 18.9 Å². The van der Waals surface area contributed by atoms with Gasteiger partial charge in [-0.2, -0.15) is 0 Å². The molecule has 23 heavy (non-hydrogen) atoms. The van der Waals surface area contributed by atoms with Gasteiger partial charge in [0.2, 0.25) is 11.8 Å². The zero-order valence-electron chi connectivity index (χ0n) is 14.6. The molecule has 1 aliphatic heterocycles. The van der Waals surface area contributed by atoms with Crippen LogP contribution in [0.15, 0.2) is 0 Å². The van der Waals surface area contributed by atoms with Gasteiger partial charge in [0.25, 0.3) is 0 Å². The van der Waals surface area contributed by atoms with Gasteiger partial charge >= 0.3 is 0 Å². The largest absolute Gasteiger partial charge is 0.357 e. The Labute approximate surface area is 147 Å². The van der Waals surface area contributed by atoms with Crippen LogP contribution < -0.4 is 11.1 Å². The minimum Gasteiger partial charge on any atom is -0.357 e. The zero-order valence-corrected chi connectivity index (χ0v) is 14.6. The molecule has 0 saturated carbocycles. The molecule has 2 unspecified atom stereocenters. The second kappa shape index (κ2) is 25.8. The van der Waals surface area contributed by atoms with Gasteiger partial charge in [-0.1, -0.05) is 63.8 Å². The van der Waals surface area contributed by atoms with Gasteiger partial charge in [-0.3, -0.25) is 9.59 Å². The topological polar surface area (TPSA) is 75.4 Å². The average Bonchev–Trinajstić information content (AvgIpc) is 2.85. The third-order valence-electron chi connectivity index (χ3n) is 2.46. The summed E-state index contributed by atoms with van der Waals surface area (Å²) in [5, 5.41) is 2.58. The number of nitrogens with one attached hydrogen (secondary N) is 1. The highest BCUT2D eigenvalue weighted by Crippen LogP contribution is 2.22. The van der Waals surface area contributed by atoms with Crippen LogP contribution in [-0.4, -0.2) is 42.9 Å². The van der Waals surface area contributed by atoms with Crippen molar-refractivity contribution in [2.24, 2.45) is 11.7 Å². The lowest BCUT2D eigenvalue weighted by atomic mass is 10.1. The molecule has 0 aromatic carbocycles. The van der Waals surface area contributed by atoms with Crippen molar-refractivity contribution in [1.29, 1.82) is 0 Å². The molecule has 146 valence electrons. The Balaban J connectivity index is -0.0000000635. The number of carbonyl (C=O) groups is 2. The number of carbonyl (C=O) groups excluding carboxylic acids is 2. The van der Waals surface area contributed by atoms with E-state index in [9.17, 15) is 9.59 Å². The fraction of sp³-hybridized carbons (Fsp3) is 0.889. The second-order valence-corrected chi connectivity index (χ2v) is 4.05. The summed E-state index contributed by atoms with van der Waals surface area (Å²) in [4.78, 5) is 24.2. The van der Waals surface area contributed by atoms with Gasteiger partial charge in [-0.25, -0.2) is 0 Å². The lowest BCUT2D eigenvalue weighted by Gasteiger charge is -2.21. The first-order chi connectivity index (χ1) is 9.47. The van der Waals surface area contributed by atoms with Crippen molar-refractivity contribution >= 4 is 11.8 Å². The summed E-state index contributed by atoms with van der Waals surface area (Å²) in [6.07, 6.45) is 0.777. The summed E-state index contributed by atoms with van der Waals surface area (Å²) in [6, 6.07) is -0.252. The molecule has 2 amide bonds. The summed E-state index contributed by atoms with van der Waals surface area (Å²) < 4.78 is 0. The average molecular weight is 338 g/mol. The summed E-state index contributed by atoms with van der Waals surface area (Å²) in [5.74, 6) is 0.351. The minimum atomic E-state index is -0.252. The highest BCUT2D eigenvalue weighted by Gasteiger charge is 2.35. The maximum atomic E-state index is 11.4. The minimum absolute atomic E-state index is 0. The van der Waals surface area contributed by atoms with Crippen molar-refractivity contribution in [2.75, 3.05) is 20.1 Å². The maximum Gasteiger partial charge on any atom is 0.242 e. The van der Waals surface area contributed by atoms with E-state index in [4.69, 9.17) is 5.73 Å². The van der Waals surface area contributed by atoms with Crippen LogP contribution >= 0.6 is 0 Å². The Bertz CT molecular complexity index is 246. The van der Waals surface area contributed by atoms with Crippen LogP contribution in [0.5, 0.6) is 0 Å². The van der Waals surface area contributed by atoms with E-state index in [0.29, 0.717) is 12.5 Å². The highest BCUT2D eigenvalue weighted by atomic mass is 16.2. The van der Waals surface area contributed by atoms with Gasteiger partial charge in [0, 0.05) is 20.5 Å². The van der Waals surface area contributed by atoms with E-state index in [-0.39, 0.29) is 40.1 Å². The molecule has 1 aliphatic rings. The number of rotatable bonds is 1. The summed E-state index contributed by atoms with van der Waals surface area (Å²) in [7, 11) is 1.60. The van der Waals surface area contributed by atoms with Crippen molar-refractivity contribution in [3.05, 3.63) is 0 Å². The van der Waals surface area contributed by atoms with Crippen molar-refractivity contribution in [3.8, 4) is 0 Å². The number of likely N-dealkylation sites (tertiary alicyclic amines) is 1. The predicted molar refractivity (Wildman–Crippen MR) is 107 cm³/mol. The normalized spacial score (nSPS) is 16.8. The van der Waals surface area contributed by atoms with Gasteiger partial charge in [0.15, 0.2) is 0 Å². The molecule has 1 saturated heterocycles. The molecule has 5 nitrogen and oxygen atoms in total. The van der Waals surface area contributed by atoms with Crippen molar-refractivity contribution < 1.29 is 9.59 Å². The molecule has 0 spiro atoms. The van der Waals surface area contributed by atoms with Crippen LogP contribution in [0.3, 0.4) is 0 Å². The first-order valence-corrected chi connectivity index (χ1v) is 7.66. The van der Waals surface area contributed by atoms with Crippen molar-refractivity contribution in [1.82, 2.24) is 10.2 Å². The number of nitrogens with two attached hydrogens (primary N) is 1. The fourth-order valence-electron chi connectivity index (χ4n) is 1.81. The molecule has 2 atom stereocenters. The van der Waals surface area contributed by atoms with Crippen LogP contribution in [0, 0.1) is 5.92 Å². The number of hydrogen-bond acceptors (Lipinski definition) is 3.